The SMILES string of the molecule is Cc1cccc(NC(=O)c2nn(C)cc2C)c1. The van der Waals surface area contributed by atoms with E-state index in [-0.39, 0.29) is 5.91 Å². The molecule has 1 aromatic carbocycles. The number of carbonyl (C=O) groups excluding carboxylic acids is 1. The van der Waals surface area contributed by atoms with Crippen LogP contribution in [0.2, 0.25) is 0 Å². The fraction of sp³-hybridized carbons (Fsp3) is 0.231. The van der Waals surface area contributed by atoms with Crippen LogP contribution in [0.3, 0.4) is 0 Å². The van der Waals surface area contributed by atoms with E-state index in [9.17, 15) is 4.79 Å². The number of aryl methyl sites for hydroxylation is 3. The zero-order chi connectivity index (χ0) is 12.4. The summed E-state index contributed by atoms with van der Waals surface area (Å²) >= 11 is 0. The monoisotopic (exact) mass is 229 g/mol. The van der Waals surface area contributed by atoms with Crippen molar-refractivity contribution in [1.29, 1.82) is 0 Å². The van der Waals surface area contributed by atoms with Gasteiger partial charge in [0.1, 0.15) is 0 Å². The molecule has 0 aliphatic carbocycles. The number of anilines is 1. The first kappa shape index (κ1) is 11.4. The van der Waals surface area contributed by atoms with Gasteiger partial charge in [-0.15, -0.1) is 0 Å². The Kier molecular flexibility index (Phi) is 2.95. The number of benzene rings is 1. The summed E-state index contributed by atoms with van der Waals surface area (Å²) < 4.78 is 1.64. The van der Waals surface area contributed by atoms with Gasteiger partial charge >= 0.3 is 0 Å². The molecular formula is C13H15N3O. The van der Waals surface area contributed by atoms with E-state index in [1.165, 1.54) is 0 Å². The van der Waals surface area contributed by atoms with Crippen molar-refractivity contribution in [1.82, 2.24) is 9.78 Å². The lowest BCUT2D eigenvalue weighted by Gasteiger charge is -2.04. The lowest BCUT2D eigenvalue weighted by Crippen LogP contribution is -2.14. The van der Waals surface area contributed by atoms with Crippen LogP contribution in [0.25, 0.3) is 0 Å². The molecule has 2 rings (SSSR count). The number of carbonyl (C=O) groups is 1. The van der Waals surface area contributed by atoms with Gasteiger partial charge in [-0.05, 0) is 31.5 Å². The minimum atomic E-state index is -0.172. The van der Waals surface area contributed by atoms with Crippen LogP contribution in [0.4, 0.5) is 5.69 Å². The van der Waals surface area contributed by atoms with E-state index < -0.39 is 0 Å². The van der Waals surface area contributed by atoms with Gasteiger partial charge in [0.15, 0.2) is 5.69 Å². The molecule has 17 heavy (non-hydrogen) atoms. The van der Waals surface area contributed by atoms with Crippen LogP contribution in [-0.2, 0) is 7.05 Å². The summed E-state index contributed by atoms with van der Waals surface area (Å²) in [7, 11) is 1.80. The molecule has 1 aromatic heterocycles. The van der Waals surface area contributed by atoms with E-state index >= 15 is 0 Å². The average molecular weight is 229 g/mol. The molecule has 1 N–H and O–H groups in total. The second-order valence-corrected chi connectivity index (χ2v) is 4.16. The highest BCUT2D eigenvalue weighted by Gasteiger charge is 2.13. The van der Waals surface area contributed by atoms with Gasteiger partial charge < -0.3 is 5.32 Å². The Morgan fingerprint density at radius 1 is 1.35 bits per heavy atom. The number of amides is 1. The van der Waals surface area contributed by atoms with Gasteiger partial charge in [0.2, 0.25) is 0 Å². The first-order valence-corrected chi connectivity index (χ1v) is 5.44. The van der Waals surface area contributed by atoms with E-state index in [2.05, 4.69) is 10.4 Å². The lowest BCUT2D eigenvalue weighted by molar-refractivity contribution is 0.102. The third-order valence-electron chi connectivity index (χ3n) is 2.50. The highest BCUT2D eigenvalue weighted by Crippen LogP contribution is 2.12. The van der Waals surface area contributed by atoms with Gasteiger partial charge in [0.25, 0.3) is 5.91 Å². The summed E-state index contributed by atoms with van der Waals surface area (Å²) in [5.41, 5.74) is 3.24. The molecule has 1 amide bonds. The van der Waals surface area contributed by atoms with Crippen molar-refractivity contribution in [2.45, 2.75) is 13.8 Å². The molecule has 2 aromatic rings. The largest absolute Gasteiger partial charge is 0.321 e. The van der Waals surface area contributed by atoms with Gasteiger partial charge in [-0.3, -0.25) is 9.48 Å². The van der Waals surface area contributed by atoms with Gasteiger partial charge in [0.05, 0.1) is 0 Å². The summed E-state index contributed by atoms with van der Waals surface area (Å²) in [5.74, 6) is -0.172. The molecule has 1 heterocycles. The Morgan fingerprint density at radius 3 is 2.71 bits per heavy atom. The summed E-state index contributed by atoms with van der Waals surface area (Å²) in [6.07, 6.45) is 1.82. The van der Waals surface area contributed by atoms with E-state index in [1.807, 2.05) is 44.3 Å². The van der Waals surface area contributed by atoms with Gasteiger partial charge in [0, 0.05) is 24.5 Å². The molecule has 0 spiro atoms. The molecule has 0 radical (unpaired) electrons. The fourth-order valence-electron chi connectivity index (χ4n) is 1.74. The molecule has 4 nitrogen and oxygen atoms in total. The molecule has 4 heteroatoms. The Bertz CT molecular complexity index is 558. The Balaban J connectivity index is 2.20. The van der Waals surface area contributed by atoms with Crippen LogP contribution < -0.4 is 5.32 Å². The van der Waals surface area contributed by atoms with E-state index in [0.29, 0.717) is 5.69 Å². The summed E-state index contributed by atoms with van der Waals surface area (Å²) in [5, 5.41) is 6.97. The van der Waals surface area contributed by atoms with Gasteiger partial charge in [-0.1, -0.05) is 12.1 Å². The van der Waals surface area contributed by atoms with Crippen molar-refractivity contribution in [2.75, 3.05) is 5.32 Å². The molecule has 0 atom stereocenters. The third kappa shape index (κ3) is 2.53. The highest BCUT2D eigenvalue weighted by molar-refractivity contribution is 6.03. The van der Waals surface area contributed by atoms with Gasteiger partial charge in [-0.2, -0.15) is 5.10 Å². The maximum Gasteiger partial charge on any atom is 0.276 e. The van der Waals surface area contributed by atoms with Crippen LogP contribution >= 0.6 is 0 Å². The summed E-state index contributed by atoms with van der Waals surface area (Å²) in [6.45, 7) is 3.86. The third-order valence-corrected chi connectivity index (χ3v) is 2.50. The fourth-order valence-corrected chi connectivity index (χ4v) is 1.74. The van der Waals surface area contributed by atoms with Crippen molar-refractivity contribution in [3.05, 3.63) is 47.3 Å². The standard InChI is InChI=1S/C13H15N3O/c1-9-5-4-6-11(7-9)14-13(17)12-10(2)8-16(3)15-12/h4-8H,1-3H3,(H,14,17). The molecule has 88 valence electrons. The highest BCUT2D eigenvalue weighted by atomic mass is 16.1. The number of rotatable bonds is 2. The van der Waals surface area contributed by atoms with Crippen molar-refractivity contribution in [2.24, 2.45) is 7.05 Å². The molecule has 0 aliphatic heterocycles. The normalized spacial score (nSPS) is 10.3. The Morgan fingerprint density at radius 2 is 2.12 bits per heavy atom. The predicted molar refractivity (Wildman–Crippen MR) is 67.1 cm³/mol. The van der Waals surface area contributed by atoms with Crippen LogP contribution in [0, 0.1) is 13.8 Å². The number of hydrogen-bond donors (Lipinski definition) is 1. The van der Waals surface area contributed by atoms with Crippen LogP contribution in [0.15, 0.2) is 30.5 Å². The topological polar surface area (TPSA) is 46.9 Å². The van der Waals surface area contributed by atoms with Crippen LogP contribution in [-0.4, -0.2) is 15.7 Å². The number of nitrogens with zero attached hydrogens (tertiary/aromatic N) is 2. The predicted octanol–water partition coefficient (Wildman–Crippen LogP) is 2.29. The van der Waals surface area contributed by atoms with Gasteiger partial charge in [-0.25, -0.2) is 0 Å². The molecule has 0 saturated heterocycles. The minimum Gasteiger partial charge on any atom is -0.321 e. The van der Waals surface area contributed by atoms with Crippen molar-refractivity contribution < 1.29 is 4.79 Å². The molecular weight excluding hydrogens is 214 g/mol. The maximum absolute atomic E-state index is 12.0. The molecule has 0 unspecified atom stereocenters. The summed E-state index contributed by atoms with van der Waals surface area (Å²) in [6, 6.07) is 7.69. The average Bonchev–Trinajstić information content (AvgIpc) is 2.58. The summed E-state index contributed by atoms with van der Waals surface area (Å²) in [4.78, 5) is 12.0. The van der Waals surface area contributed by atoms with E-state index in [4.69, 9.17) is 0 Å². The zero-order valence-electron chi connectivity index (χ0n) is 10.2. The second kappa shape index (κ2) is 4.41. The van der Waals surface area contributed by atoms with Crippen molar-refractivity contribution in [3.63, 3.8) is 0 Å². The quantitative estimate of drug-likeness (QED) is 0.858. The smallest absolute Gasteiger partial charge is 0.276 e. The number of aromatic nitrogens is 2. The lowest BCUT2D eigenvalue weighted by atomic mass is 10.2. The first-order valence-electron chi connectivity index (χ1n) is 5.44. The molecule has 0 aliphatic rings. The Labute approximate surface area is 100 Å². The Hall–Kier alpha value is -2.10. The number of hydrogen-bond acceptors (Lipinski definition) is 2. The zero-order valence-corrected chi connectivity index (χ0v) is 10.2. The van der Waals surface area contributed by atoms with Crippen LogP contribution in [0.1, 0.15) is 21.6 Å². The maximum atomic E-state index is 12.0. The minimum absolute atomic E-state index is 0.172. The number of nitrogens with one attached hydrogen (secondary N) is 1. The molecule has 0 fully saturated rings. The second-order valence-electron chi connectivity index (χ2n) is 4.16. The van der Waals surface area contributed by atoms with Crippen molar-refractivity contribution >= 4 is 11.6 Å². The van der Waals surface area contributed by atoms with E-state index in [1.54, 1.807) is 11.7 Å². The van der Waals surface area contributed by atoms with E-state index in [0.717, 1.165) is 16.8 Å². The first-order chi connectivity index (χ1) is 8.06. The molecule has 0 bridgehead atoms. The molecule has 0 saturated carbocycles. The van der Waals surface area contributed by atoms with Crippen molar-refractivity contribution in [3.8, 4) is 0 Å². The van der Waals surface area contributed by atoms with Crippen LogP contribution in [0.5, 0.6) is 0 Å².